The number of amides is 3. The number of nitrogens with one attached hydrogen (secondary N) is 1. The maximum absolute atomic E-state index is 13.7. The first-order valence-corrected chi connectivity index (χ1v) is 11.9. The fourth-order valence-corrected chi connectivity index (χ4v) is 5.44. The van der Waals surface area contributed by atoms with Gasteiger partial charge in [0.1, 0.15) is 18.5 Å². The highest BCUT2D eigenvalue weighted by Gasteiger charge is 2.56. The molecule has 9 heteroatoms. The van der Waals surface area contributed by atoms with Crippen LogP contribution in [0.25, 0.3) is 0 Å². The predicted octanol–water partition coefficient (Wildman–Crippen LogP) is 3.74. The van der Waals surface area contributed by atoms with E-state index in [0.29, 0.717) is 16.0 Å². The van der Waals surface area contributed by atoms with Crippen LogP contribution in [0.2, 0.25) is 10.0 Å². The van der Waals surface area contributed by atoms with Crippen LogP contribution in [0.5, 0.6) is 0 Å². The van der Waals surface area contributed by atoms with E-state index in [2.05, 4.69) is 53.2 Å². The molecule has 2 aromatic rings. The normalized spacial score (nSPS) is 27.7. The first-order chi connectivity index (χ1) is 15.7. The van der Waals surface area contributed by atoms with Crippen LogP contribution in [0.1, 0.15) is 18.1 Å². The third-order valence-corrected chi connectivity index (χ3v) is 7.51. The number of hydrogen-bond donors (Lipinski definition) is 1. The van der Waals surface area contributed by atoms with Gasteiger partial charge in [-0.25, -0.2) is 4.79 Å². The van der Waals surface area contributed by atoms with E-state index in [9.17, 15) is 9.59 Å². The maximum Gasteiger partial charge on any atom is 0.328 e. The zero-order chi connectivity index (χ0) is 23.4. The van der Waals surface area contributed by atoms with Crippen LogP contribution in [-0.4, -0.2) is 65.3 Å². The molecule has 5 rings (SSSR count). The molecule has 3 aliphatic heterocycles. The number of imide groups is 1. The quantitative estimate of drug-likeness (QED) is 0.714. The Kier molecular flexibility index (Phi) is 5.77. The van der Waals surface area contributed by atoms with Gasteiger partial charge in [0.05, 0.1) is 16.6 Å². The van der Waals surface area contributed by atoms with Gasteiger partial charge in [-0.05, 0) is 42.7 Å². The van der Waals surface area contributed by atoms with Crippen LogP contribution in [0, 0.1) is 12.8 Å². The van der Waals surface area contributed by atoms with Crippen molar-refractivity contribution in [3.05, 3.63) is 63.6 Å². The molecule has 174 valence electrons. The van der Waals surface area contributed by atoms with Crippen LogP contribution in [0.15, 0.2) is 42.5 Å². The first-order valence-electron chi connectivity index (χ1n) is 11.1. The molecule has 2 aromatic carbocycles. The summed E-state index contributed by atoms with van der Waals surface area (Å²) in [7, 11) is 1.75. The van der Waals surface area contributed by atoms with E-state index in [1.165, 1.54) is 10.5 Å². The summed E-state index contributed by atoms with van der Waals surface area (Å²) in [5, 5.41) is 4.40. The summed E-state index contributed by atoms with van der Waals surface area (Å²) < 4.78 is 0. The van der Waals surface area contributed by atoms with E-state index in [4.69, 9.17) is 23.2 Å². The molecule has 3 amide bonds. The number of nitrogens with zero attached hydrogens (tertiary/aromatic N) is 4. The third kappa shape index (κ3) is 3.87. The number of rotatable bonds is 3. The minimum atomic E-state index is -0.462. The zero-order valence-corrected chi connectivity index (χ0v) is 20.3. The second-order valence-corrected chi connectivity index (χ2v) is 10.1. The Morgan fingerprint density at radius 3 is 2.45 bits per heavy atom. The molecule has 7 nitrogen and oxygen atoms in total. The Hall–Kier alpha value is -2.32. The number of hydrogen-bond acceptors (Lipinski definition) is 5. The molecule has 3 fully saturated rings. The number of carbonyl (C=O) groups is 2. The Balaban J connectivity index is 1.45. The second-order valence-electron chi connectivity index (χ2n) is 9.29. The van der Waals surface area contributed by atoms with Crippen molar-refractivity contribution in [3.8, 4) is 0 Å². The molecule has 3 saturated heterocycles. The highest BCUT2D eigenvalue weighted by atomic mass is 35.5. The topological polar surface area (TPSA) is 59.1 Å². The van der Waals surface area contributed by atoms with Crippen molar-refractivity contribution in [2.75, 3.05) is 25.0 Å². The number of benzene rings is 2. The summed E-state index contributed by atoms with van der Waals surface area (Å²) in [6.07, 6.45) is -0.554. The average molecular weight is 488 g/mol. The van der Waals surface area contributed by atoms with E-state index in [0.717, 1.165) is 24.3 Å². The lowest BCUT2D eigenvalue weighted by molar-refractivity contribution is -0.139. The van der Waals surface area contributed by atoms with Gasteiger partial charge in [-0.2, -0.15) is 0 Å². The van der Waals surface area contributed by atoms with Gasteiger partial charge in [-0.3, -0.25) is 19.9 Å². The van der Waals surface area contributed by atoms with Crippen molar-refractivity contribution < 1.29 is 9.59 Å². The number of anilines is 1. The van der Waals surface area contributed by atoms with Crippen molar-refractivity contribution in [1.29, 1.82) is 0 Å². The van der Waals surface area contributed by atoms with Gasteiger partial charge in [-0.1, -0.05) is 53.9 Å². The number of likely N-dealkylation sites (N-methyl/N-ethyl adjacent to an activating group) is 1. The van der Waals surface area contributed by atoms with E-state index in [-0.39, 0.29) is 24.8 Å². The largest absolute Gasteiger partial charge is 0.343 e. The van der Waals surface area contributed by atoms with Gasteiger partial charge in [0, 0.05) is 25.8 Å². The highest BCUT2D eigenvalue weighted by molar-refractivity contribution is 6.42. The Labute approximate surface area is 203 Å². The van der Waals surface area contributed by atoms with Crippen molar-refractivity contribution in [2.45, 2.75) is 38.9 Å². The van der Waals surface area contributed by atoms with Gasteiger partial charge < -0.3 is 9.80 Å². The van der Waals surface area contributed by atoms with Gasteiger partial charge in [-0.15, -0.1) is 0 Å². The Bertz CT molecular complexity index is 1090. The second kappa shape index (κ2) is 8.47. The molecule has 3 heterocycles. The predicted molar refractivity (Wildman–Crippen MR) is 129 cm³/mol. The Morgan fingerprint density at radius 2 is 1.76 bits per heavy atom. The minimum Gasteiger partial charge on any atom is -0.343 e. The maximum atomic E-state index is 13.7. The molecular formula is C24H27Cl2N5O2. The van der Waals surface area contributed by atoms with Gasteiger partial charge in [0.15, 0.2) is 0 Å². The van der Waals surface area contributed by atoms with E-state index >= 15 is 0 Å². The summed E-state index contributed by atoms with van der Waals surface area (Å²) in [4.78, 5) is 34.3. The monoisotopic (exact) mass is 487 g/mol. The smallest absolute Gasteiger partial charge is 0.328 e. The number of carbonyl (C=O) groups excluding carboxylic acids is 2. The number of urea groups is 1. The molecule has 0 aliphatic carbocycles. The van der Waals surface area contributed by atoms with Crippen LogP contribution in [0.3, 0.4) is 0 Å². The molecule has 33 heavy (non-hydrogen) atoms. The van der Waals surface area contributed by atoms with Crippen LogP contribution >= 0.6 is 23.2 Å². The molecule has 4 atom stereocenters. The van der Waals surface area contributed by atoms with Crippen molar-refractivity contribution >= 4 is 40.8 Å². The van der Waals surface area contributed by atoms with Crippen molar-refractivity contribution in [1.82, 2.24) is 20.0 Å². The lowest BCUT2D eigenvalue weighted by Gasteiger charge is -2.46. The molecule has 3 aliphatic rings. The van der Waals surface area contributed by atoms with E-state index < -0.39 is 12.2 Å². The molecule has 0 radical (unpaired) electrons. The molecule has 0 bridgehead atoms. The van der Waals surface area contributed by atoms with Gasteiger partial charge in [0.25, 0.3) is 5.91 Å². The van der Waals surface area contributed by atoms with E-state index in [1.54, 1.807) is 30.1 Å². The van der Waals surface area contributed by atoms with Crippen LogP contribution < -0.4 is 10.2 Å². The van der Waals surface area contributed by atoms with Crippen LogP contribution in [-0.2, 0) is 11.3 Å². The number of fused-ring (bicyclic) bond motifs is 3. The summed E-state index contributed by atoms with van der Waals surface area (Å²) in [6, 6.07) is 12.8. The van der Waals surface area contributed by atoms with Gasteiger partial charge >= 0.3 is 6.03 Å². The molecule has 4 unspecified atom stereocenters. The average Bonchev–Trinajstić information content (AvgIpc) is 3.17. The summed E-state index contributed by atoms with van der Waals surface area (Å²) in [5.41, 5.74) is 3.06. The summed E-state index contributed by atoms with van der Waals surface area (Å²) in [5.74, 6) is 0.171. The number of aryl methyl sites for hydroxylation is 1. The van der Waals surface area contributed by atoms with E-state index in [1.807, 2.05) is 0 Å². The van der Waals surface area contributed by atoms with Crippen LogP contribution in [0.4, 0.5) is 10.5 Å². The van der Waals surface area contributed by atoms with Crippen molar-refractivity contribution in [3.63, 3.8) is 0 Å². The number of halogens is 2. The van der Waals surface area contributed by atoms with Crippen molar-refractivity contribution in [2.24, 2.45) is 5.92 Å². The minimum absolute atomic E-state index is 0.151. The molecular weight excluding hydrogens is 461 g/mol. The SMILES string of the molecule is Cc1ccc(N2CC(C)CN3C4C(=O)N(Cc5ccc(Cl)c(Cl)c5)C(=O)N(C)C4NC23)cc1. The summed E-state index contributed by atoms with van der Waals surface area (Å²) >= 11 is 12.2. The fourth-order valence-electron chi connectivity index (χ4n) is 5.12. The summed E-state index contributed by atoms with van der Waals surface area (Å²) in [6.45, 7) is 6.06. The third-order valence-electron chi connectivity index (χ3n) is 6.78. The molecule has 0 saturated carbocycles. The molecule has 1 N–H and O–H groups in total. The standard InChI is InChI=1S/C24H27Cl2N5O2/c1-14-4-7-17(8-5-14)29-11-15(2)12-30-20-21(27-23(29)30)28(3)24(33)31(22(20)32)13-16-6-9-18(25)19(26)10-16/h4-10,15,20-21,23,27H,11-13H2,1-3H3. The fraction of sp³-hybridized carbons (Fsp3) is 0.417. The highest BCUT2D eigenvalue weighted by Crippen LogP contribution is 2.35. The zero-order valence-electron chi connectivity index (χ0n) is 18.8. The lowest BCUT2D eigenvalue weighted by Crippen LogP contribution is -2.66. The molecule has 0 aromatic heterocycles. The van der Waals surface area contributed by atoms with Gasteiger partial charge in [0.2, 0.25) is 0 Å². The molecule has 0 spiro atoms. The lowest BCUT2D eigenvalue weighted by atomic mass is 10.0. The Morgan fingerprint density at radius 1 is 1.03 bits per heavy atom. The first kappa shape index (κ1) is 22.5.